The Morgan fingerprint density at radius 1 is 0.951 bits per heavy atom. The SMILES string of the molecule is CC1(C)C(Oc2ccc(C#N)c(Cl)c2)C(C)(C)C1N1C(=O)CCC(n2nnc3cc(N4CCC(CN5CCC(C#Cc6ccc(C(N)=O)cn6)CC5)CC4)ccc3c2=O)C1=O. The Bertz CT molecular complexity index is 2520. The molecular weight excluding hydrogens is 794 g/mol. The number of nitrogens with two attached hydrogens (primary N) is 1. The quantitative estimate of drug-likeness (QED) is 0.178. The largest absolute Gasteiger partial charge is 0.489 e. The number of ether oxygens (including phenoxy) is 1. The third kappa shape index (κ3) is 8.07. The van der Waals surface area contributed by atoms with Gasteiger partial charge in [0.2, 0.25) is 11.8 Å². The predicted octanol–water partition coefficient (Wildman–Crippen LogP) is 5.36. The van der Waals surface area contributed by atoms with E-state index in [1.807, 2.05) is 45.9 Å². The summed E-state index contributed by atoms with van der Waals surface area (Å²) in [5, 5.41) is 18.7. The first-order valence-electron chi connectivity index (χ1n) is 21.0. The number of rotatable bonds is 8. The normalized spacial score (nSPS) is 23.2. The van der Waals surface area contributed by atoms with E-state index in [0.717, 1.165) is 68.8 Å². The molecule has 4 aliphatic rings. The van der Waals surface area contributed by atoms with E-state index in [2.05, 4.69) is 36.9 Å². The minimum atomic E-state index is -0.977. The molecule has 3 saturated heterocycles. The van der Waals surface area contributed by atoms with E-state index in [9.17, 15) is 24.4 Å². The number of nitriles is 1. The summed E-state index contributed by atoms with van der Waals surface area (Å²) in [6.45, 7) is 12.7. The summed E-state index contributed by atoms with van der Waals surface area (Å²) in [5.74, 6) is 6.66. The van der Waals surface area contributed by atoms with Crippen LogP contribution in [0.1, 0.15) is 93.9 Å². The molecule has 2 aromatic heterocycles. The van der Waals surface area contributed by atoms with Crippen molar-refractivity contribution in [3.8, 4) is 23.7 Å². The second kappa shape index (κ2) is 16.6. The van der Waals surface area contributed by atoms with Gasteiger partial charge in [0.15, 0.2) is 0 Å². The molecule has 8 rings (SSSR count). The van der Waals surface area contributed by atoms with Gasteiger partial charge in [0.1, 0.15) is 35.2 Å². The molecule has 4 aromatic rings. The second-order valence-corrected chi connectivity index (χ2v) is 18.5. The number of fused-ring (bicyclic) bond motifs is 1. The zero-order valence-electron chi connectivity index (χ0n) is 34.9. The van der Waals surface area contributed by atoms with E-state index in [0.29, 0.717) is 45.3 Å². The predicted molar refractivity (Wildman–Crippen MR) is 230 cm³/mol. The molecule has 61 heavy (non-hydrogen) atoms. The van der Waals surface area contributed by atoms with E-state index in [4.69, 9.17) is 22.1 Å². The lowest BCUT2D eigenvalue weighted by molar-refractivity contribution is -0.216. The fraction of sp³-hybridized carbons (Fsp3) is 0.478. The van der Waals surface area contributed by atoms with Gasteiger partial charge in [-0.2, -0.15) is 9.94 Å². The van der Waals surface area contributed by atoms with Crippen molar-refractivity contribution in [3.05, 3.63) is 86.9 Å². The molecule has 1 atom stereocenters. The maximum absolute atomic E-state index is 14.3. The van der Waals surface area contributed by atoms with Crippen molar-refractivity contribution < 1.29 is 19.1 Å². The van der Waals surface area contributed by atoms with Crippen LogP contribution >= 0.6 is 11.6 Å². The van der Waals surface area contributed by atoms with Crippen LogP contribution in [0.4, 0.5) is 5.69 Å². The highest BCUT2D eigenvalue weighted by atomic mass is 35.5. The van der Waals surface area contributed by atoms with E-state index >= 15 is 0 Å². The van der Waals surface area contributed by atoms with Crippen LogP contribution in [0.15, 0.2) is 59.5 Å². The molecule has 0 bridgehead atoms. The van der Waals surface area contributed by atoms with Gasteiger partial charge in [-0.05, 0) is 99.5 Å². The number of nitrogens with zero attached hydrogens (tertiary/aromatic N) is 8. The lowest BCUT2D eigenvalue weighted by atomic mass is 9.48. The molecule has 1 aliphatic carbocycles. The summed E-state index contributed by atoms with van der Waals surface area (Å²) in [5.41, 5.74) is 6.39. The van der Waals surface area contributed by atoms with Crippen LogP contribution in [0.2, 0.25) is 5.02 Å². The van der Waals surface area contributed by atoms with Crippen molar-refractivity contribution in [3.63, 3.8) is 0 Å². The minimum Gasteiger partial charge on any atom is -0.489 e. The van der Waals surface area contributed by atoms with Gasteiger partial charge in [0.05, 0.1) is 27.6 Å². The number of aromatic nitrogens is 4. The number of amides is 3. The first-order chi connectivity index (χ1) is 29.1. The summed E-state index contributed by atoms with van der Waals surface area (Å²) in [6, 6.07) is 14.5. The summed E-state index contributed by atoms with van der Waals surface area (Å²) < 4.78 is 7.56. The number of hydrogen-bond donors (Lipinski definition) is 1. The molecule has 3 amide bonds. The van der Waals surface area contributed by atoms with E-state index < -0.39 is 46.4 Å². The number of likely N-dealkylation sites (tertiary alicyclic amines) is 2. The van der Waals surface area contributed by atoms with E-state index in [1.165, 1.54) is 11.1 Å². The van der Waals surface area contributed by atoms with Crippen molar-refractivity contribution in [2.75, 3.05) is 37.6 Å². The molecular formula is C46H50ClN9O5. The maximum Gasteiger partial charge on any atom is 0.278 e. The van der Waals surface area contributed by atoms with Gasteiger partial charge < -0.3 is 20.3 Å². The van der Waals surface area contributed by atoms with Gasteiger partial charge in [0, 0.05) is 60.8 Å². The number of piperidine rings is 3. The lowest BCUT2D eigenvalue weighted by Crippen LogP contribution is -2.77. The van der Waals surface area contributed by atoms with E-state index in [-0.39, 0.29) is 23.8 Å². The third-order valence-corrected chi connectivity index (χ3v) is 13.6. The molecule has 15 heteroatoms. The van der Waals surface area contributed by atoms with Crippen LogP contribution < -0.4 is 20.9 Å². The average Bonchev–Trinajstić information content (AvgIpc) is 3.24. The summed E-state index contributed by atoms with van der Waals surface area (Å²) >= 11 is 6.28. The van der Waals surface area contributed by atoms with Crippen molar-refractivity contribution >= 4 is 45.9 Å². The standard InChI is InChI=1S/C46H50ClN9O5/c1-45(2)43(46(3,4)44(45)61-34-11-7-30(25-48)36(47)24-34)55-39(57)14-13-38(42(55)60)56-41(59)35-12-10-33(23-37(35)51-52-56)54-21-17-29(18-22-54)27-53-19-15-28(16-20-53)5-8-32-9-6-31(26-50-32)40(49)58/h6-7,9-12,23-24,26,28-29,38,43-44H,13-22,27H2,1-4H3,(H2,49,58). The highest BCUT2D eigenvalue weighted by molar-refractivity contribution is 6.31. The molecule has 3 aliphatic heterocycles. The number of halogens is 1. The average molecular weight is 844 g/mol. The van der Waals surface area contributed by atoms with Gasteiger partial charge >= 0.3 is 0 Å². The lowest BCUT2D eigenvalue weighted by Gasteiger charge is -2.65. The molecule has 0 spiro atoms. The Hall–Kier alpha value is -5.83. The molecule has 316 valence electrons. The molecule has 2 N–H and O–H groups in total. The Morgan fingerprint density at radius 3 is 2.34 bits per heavy atom. The smallest absolute Gasteiger partial charge is 0.278 e. The number of primary amides is 1. The summed E-state index contributed by atoms with van der Waals surface area (Å²) in [6.07, 6.45) is 5.45. The monoisotopic (exact) mass is 843 g/mol. The number of anilines is 1. The fourth-order valence-corrected chi connectivity index (χ4v) is 10.6. The molecule has 1 unspecified atom stereocenters. The number of carbonyl (C=O) groups is 3. The van der Waals surface area contributed by atoms with Crippen LogP contribution in [0.25, 0.3) is 10.9 Å². The molecule has 2 aromatic carbocycles. The van der Waals surface area contributed by atoms with Crippen LogP contribution in [0.5, 0.6) is 5.75 Å². The van der Waals surface area contributed by atoms with Crippen molar-refractivity contribution in [2.24, 2.45) is 28.4 Å². The van der Waals surface area contributed by atoms with Gasteiger partial charge in [-0.15, -0.1) is 5.10 Å². The molecule has 14 nitrogen and oxygen atoms in total. The van der Waals surface area contributed by atoms with E-state index in [1.54, 1.807) is 36.4 Å². The highest BCUT2D eigenvalue weighted by Crippen LogP contribution is 2.59. The zero-order valence-corrected chi connectivity index (χ0v) is 35.7. The minimum absolute atomic E-state index is 0.0822. The first-order valence-corrected chi connectivity index (χ1v) is 21.4. The Kier molecular flexibility index (Phi) is 11.4. The molecule has 1 saturated carbocycles. The topological polar surface area (TPSA) is 181 Å². The van der Waals surface area contributed by atoms with Crippen LogP contribution in [0.3, 0.4) is 0 Å². The third-order valence-electron chi connectivity index (χ3n) is 13.3. The molecule has 0 radical (unpaired) electrons. The van der Waals surface area contributed by atoms with Gasteiger partial charge in [0.25, 0.3) is 11.5 Å². The number of imide groups is 1. The van der Waals surface area contributed by atoms with Gasteiger partial charge in [-0.1, -0.05) is 50.4 Å². The number of hydrogen-bond acceptors (Lipinski definition) is 11. The van der Waals surface area contributed by atoms with Crippen molar-refractivity contribution in [2.45, 2.75) is 84.4 Å². The van der Waals surface area contributed by atoms with Crippen LogP contribution in [0, 0.1) is 45.8 Å². The van der Waals surface area contributed by atoms with Gasteiger partial charge in [-0.25, -0.2) is 4.98 Å². The first kappa shape index (κ1) is 41.9. The Balaban J connectivity index is 0.874. The number of pyridine rings is 1. The van der Waals surface area contributed by atoms with Crippen molar-refractivity contribution in [1.29, 1.82) is 5.26 Å². The van der Waals surface area contributed by atoms with Crippen LogP contribution in [-0.4, -0.2) is 92.4 Å². The maximum atomic E-state index is 14.3. The summed E-state index contributed by atoms with van der Waals surface area (Å²) in [4.78, 5) is 63.6. The summed E-state index contributed by atoms with van der Waals surface area (Å²) in [7, 11) is 0. The van der Waals surface area contributed by atoms with Gasteiger partial charge in [-0.3, -0.25) is 24.1 Å². The zero-order chi connectivity index (χ0) is 43.2. The Labute approximate surface area is 360 Å². The molecule has 5 heterocycles. The van der Waals surface area contributed by atoms with Crippen LogP contribution in [-0.2, 0) is 9.59 Å². The Morgan fingerprint density at radius 2 is 1.69 bits per heavy atom. The molecule has 4 fully saturated rings. The second-order valence-electron chi connectivity index (χ2n) is 18.1. The number of benzene rings is 2. The van der Waals surface area contributed by atoms with Crippen molar-refractivity contribution in [1.82, 2.24) is 29.8 Å². The highest BCUT2D eigenvalue weighted by Gasteiger charge is 2.68. The fourth-order valence-electron chi connectivity index (χ4n) is 10.4. The number of carbonyl (C=O) groups excluding carboxylic acids is 3.